The molecule has 1 atom stereocenters. The maximum atomic E-state index is 12.0. The summed E-state index contributed by atoms with van der Waals surface area (Å²) < 4.78 is 61.3. The van der Waals surface area contributed by atoms with Gasteiger partial charge in [0.15, 0.2) is 0 Å². The molecule has 0 heterocycles. The fourth-order valence-electron chi connectivity index (χ4n) is 1.05. The third kappa shape index (κ3) is 3.34. The molecule has 0 amide bonds. The molecule has 1 aromatic carbocycles. The Morgan fingerprint density at radius 1 is 1.28 bits per heavy atom. The molecule has 0 unspecified atom stereocenters. The Bertz CT molecular complexity index is 498. The van der Waals surface area contributed by atoms with Crippen LogP contribution in [0.1, 0.15) is 11.6 Å². The zero-order valence-electron chi connectivity index (χ0n) is 8.89. The van der Waals surface area contributed by atoms with Gasteiger partial charge in [0.2, 0.25) is 0 Å². The first-order valence-corrected chi connectivity index (χ1v) is 6.05. The van der Waals surface area contributed by atoms with Crippen LogP contribution in [-0.2, 0) is 10.1 Å². The normalized spacial score (nSPS) is 14.3. The highest BCUT2D eigenvalue weighted by Crippen LogP contribution is 2.27. The number of halogens is 3. The van der Waals surface area contributed by atoms with Crippen molar-refractivity contribution in [1.82, 2.24) is 0 Å². The Balaban J connectivity index is 2.89. The van der Waals surface area contributed by atoms with Gasteiger partial charge in [0, 0.05) is 0 Å². The molecule has 18 heavy (non-hydrogen) atoms. The third-order valence-electron chi connectivity index (χ3n) is 1.99. The van der Waals surface area contributed by atoms with Crippen LogP contribution in [0, 0.1) is 0 Å². The molecule has 9 heteroatoms. The van der Waals surface area contributed by atoms with Crippen LogP contribution in [0.15, 0.2) is 24.3 Å². The van der Waals surface area contributed by atoms with Crippen molar-refractivity contribution in [1.29, 1.82) is 0 Å². The maximum Gasteiger partial charge on any atom is 0.534 e. The number of nitrogens with two attached hydrogens (primary N) is 1. The van der Waals surface area contributed by atoms with Crippen LogP contribution < -0.4 is 9.92 Å². The van der Waals surface area contributed by atoms with Crippen LogP contribution in [-0.4, -0.2) is 25.6 Å². The van der Waals surface area contributed by atoms with E-state index in [1.165, 1.54) is 12.1 Å². The first-order valence-electron chi connectivity index (χ1n) is 4.64. The molecule has 0 saturated carbocycles. The molecular formula is C9H10F3NO4S. The number of hydrogen-bond donors (Lipinski definition) is 2. The number of alkyl halides is 3. The lowest BCUT2D eigenvalue weighted by atomic mass is 10.1. The molecule has 0 fully saturated rings. The van der Waals surface area contributed by atoms with Gasteiger partial charge in [0.05, 0.1) is 12.6 Å². The summed E-state index contributed by atoms with van der Waals surface area (Å²) in [6, 6.07) is 3.88. The van der Waals surface area contributed by atoms with Crippen molar-refractivity contribution in [2.75, 3.05) is 6.61 Å². The Morgan fingerprint density at radius 3 is 2.17 bits per heavy atom. The fourth-order valence-corrected chi connectivity index (χ4v) is 1.51. The highest BCUT2D eigenvalue weighted by molar-refractivity contribution is 7.87. The minimum atomic E-state index is -5.67. The second-order valence-corrected chi connectivity index (χ2v) is 4.88. The first kappa shape index (κ1) is 14.7. The molecule has 1 aromatic rings. The number of rotatable bonds is 4. The van der Waals surface area contributed by atoms with Gasteiger partial charge in [0.1, 0.15) is 5.75 Å². The van der Waals surface area contributed by atoms with Crippen molar-refractivity contribution in [3.05, 3.63) is 29.8 Å². The van der Waals surface area contributed by atoms with Gasteiger partial charge in [-0.2, -0.15) is 21.6 Å². The molecule has 0 bridgehead atoms. The van der Waals surface area contributed by atoms with E-state index in [-0.39, 0.29) is 6.61 Å². The molecule has 0 aromatic heterocycles. The molecule has 0 radical (unpaired) electrons. The van der Waals surface area contributed by atoms with Gasteiger partial charge in [-0.05, 0) is 17.7 Å². The van der Waals surface area contributed by atoms with E-state index in [2.05, 4.69) is 4.18 Å². The van der Waals surface area contributed by atoms with Gasteiger partial charge in [-0.3, -0.25) is 0 Å². The van der Waals surface area contributed by atoms with Crippen LogP contribution in [0.2, 0.25) is 0 Å². The molecule has 0 saturated heterocycles. The van der Waals surface area contributed by atoms with Crippen LogP contribution in [0.25, 0.3) is 0 Å². The van der Waals surface area contributed by atoms with Gasteiger partial charge in [-0.15, -0.1) is 0 Å². The van der Waals surface area contributed by atoms with E-state index in [1.54, 1.807) is 0 Å². The Kier molecular flexibility index (Phi) is 4.20. The van der Waals surface area contributed by atoms with Crippen molar-refractivity contribution in [2.45, 2.75) is 11.6 Å². The predicted molar refractivity (Wildman–Crippen MR) is 56.1 cm³/mol. The Morgan fingerprint density at radius 2 is 1.78 bits per heavy atom. The summed E-state index contributed by atoms with van der Waals surface area (Å²) in [5.41, 5.74) is 0.412. The van der Waals surface area contributed by atoms with Gasteiger partial charge in [-0.1, -0.05) is 12.1 Å². The van der Waals surface area contributed by atoms with E-state index in [0.717, 1.165) is 12.1 Å². The van der Waals surface area contributed by atoms with Crippen LogP contribution >= 0.6 is 0 Å². The molecular weight excluding hydrogens is 275 g/mol. The standard InChI is InChI=1S/C9H10F3NO4S/c10-9(11,12)18(15,16)17-7-3-1-6(2-4-7)8(13)5-14/h1-4,8,14H,5,13H2/t8-/m1/s1. The summed E-state index contributed by atoms with van der Waals surface area (Å²) >= 11 is 0. The highest BCUT2D eigenvalue weighted by atomic mass is 32.2. The lowest BCUT2D eigenvalue weighted by Gasteiger charge is -2.11. The summed E-state index contributed by atoms with van der Waals surface area (Å²) in [4.78, 5) is 0. The second kappa shape index (κ2) is 5.12. The zero-order valence-corrected chi connectivity index (χ0v) is 9.70. The average Bonchev–Trinajstić information content (AvgIpc) is 2.27. The highest BCUT2D eigenvalue weighted by Gasteiger charge is 2.48. The fraction of sp³-hybridized carbons (Fsp3) is 0.333. The second-order valence-electron chi connectivity index (χ2n) is 3.34. The van der Waals surface area contributed by atoms with Crippen LogP contribution in [0.5, 0.6) is 5.75 Å². The van der Waals surface area contributed by atoms with Crippen molar-refractivity contribution < 1.29 is 30.9 Å². The van der Waals surface area contributed by atoms with Gasteiger partial charge in [-0.25, -0.2) is 0 Å². The summed E-state index contributed by atoms with van der Waals surface area (Å²) in [5, 5.41) is 8.75. The number of aliphatic hydroxyl groups excluding tert-OH is 1. The van der Waals surface area contributed by atoms with E-state index >= 15 is 0 Å². The van der Waals surface area contributed by atoms with Crippen molar-refractivity contribution >= 4 is 10.1 Å². The van der Waals surface area contributed by atoms with E-state index in [4.69, 9.17) is 10.8 Å². The molecule has 0 aliphatic rings. The third-order valence-corrected chi connectivity index (χ3v) is 2.97. The van der Waals surface area contributed by atoms with Crippen molar-refractivity contribution in [3.8, 4) is 5.75 Å². The Labute approximate surface area is 101 Å². The summed E-state index contributed by atoms with van der Waals surface area (Å²) in [6.45, 7) is -0.346. The molecule has 0 spiro atoms. The monoisotopic (exact) mass is 285 g/mol. The molecule has 0 aliphatic heterocycles. The van der Waals surface area contributed by atoms with Crippen LogP contribution in [0.4, 0.5) is 13.2 Å². The van der Waals surface area contributed by atoms with Gasteiger partial charge >= 0.3 is 15.6 Å². The molecule has 0 aliphatic carbocycles. The predicted octanol–water partition coefficient (Wildman–Crippen LogP) is 0.907. The van der Waals surface area contributed by atoms with E-state index < -0.39 is 27.4 Å². The smallest absolute Gasteiger partial charge is 0.394 e. The lowest BCUT2D eigenvalue weighted by Crippen LogP contribution is -2.28. The molecule has 3 N–H and O–H groups in total. The minimum Gasteiger partial charge on any atom is -0.394 e. The number of benzene rings is 1. The Hall–Kier alpha value is -1.32. The van der Waals surface area contributed by atoms with Gasteiger partial charge in [0.25, 0.3) is 0 Å². The minimum absolute atomic E-state index is 0.346. The van der Waals surface area contributed by atoms with E-state index in [9.17, 15) is 21.6 Å². The van der Waals surface area contributed by atoms with Crippen molar-refractivity contribution in [2.24, 2.45) is 5.73 Å². The number of hydrogen-bond acceptors (Lipinski definition) is 5. The van der Waals surface area contributed by atoms with Crippen molar-refractivity contribution in [3.63, 3.8) is 0 Å². The zero-order chi connectivity index (χ0) is 14.0. The summed E-state index contributed by atoms with van der Waals surface area (Å²) in [6.07, 6.45) is 0. The maximum absolute atomic E-state index is 12.0. The number of aliphatic hydroxyl groups is 1. The van der Waals surface area contributed by atoms with E-state index in [0.29, 0.717) is 5.56 Å². The average molecular weight is 285 g/mol. The molecule has 5 nitrogen and oxygen atoms in total. The molecule has 1 rings (SSSR count). The van der Waals surface area contributed by atoms with Crippen LogP contribution in [0.3, 0.4) is 0 Å². The summed E-state index contributed by atoms with van der Waals surface area (Å²) in [5.74, 6) is -0.485. The first-order chi connectivity index (χ1) is 8.17. The topological polar surface area (TPSA) is 89.6 Å². The summed E-state index contributed by atoms with van der Waals surface area (Å²) in [7, 11) is -5.67. The molecule has 102 valence electrons. The van der Waals surface area contributed by atoms with E-state index in [1.807, 2.05) is 0 Å². The lowest BCUT2D eigenvalue weighted by molar-refractivity contribution is -0.0500. The largest absolute Gasteiger partial charge is 0.534 e. The quantitative estimate of drug-likeness (QED) is 0.634. The SMILES string of the molecule is N[C@H](CO)c1ccc(OS(=O)(=O)C(F)(F)F)cc1. The van der Waals surface area contributed by atoms with Gasteiger partial charge < -0.3 is 15.0 Å².